The predicted octanol–water partition coefficient (Wildman–Crippen LogP) is 5.87. The minimum Gasteiger partial charge on any atom is -0.331 e. The molecule has 1 aliphatic heterocycles. The second-order valence-corrected chi connectivity index (χ2v) is 9.65. The molecule has 0 fully saturated rings. The first-order valence-corrected chi connectivity index (χ1v) is 11.9. The van der Waals surface area contributed by atoms with E-state index in [1.54, 1.807) is 0 Å². The molecule has 3 heterocycles. The molecule has 0 saturated carbocycles. The summed E-state index contributed by atoms with van der Waals surface area (Å²) >= 11 is 5.35. The number of nitrogens with one attached hydrogen (secondary N) is 2. The Morgan fingerprint density at radius 1 is 1.30 bits per heavy atom. The van der Waals surface area contributed by atoms with Gasteiger partial charge in [0.2, 0.25) is 0 Å². The Hall–Kier alpha value is -2.09. The Bertz CT molecular complexity index is 1040. The molecule has 0 radical (unpaired) electrons. The summed E-state index contributed by atoms with van der Waals surface area (Å²) in [6.45, 7) is 9.42. The number of aryl methyl sites for hydroxylation is 1. The fourth-order valence-corrected chi connectivity index (χ4v) is 5.70. The highest BCUT2D eigenvalue weighted by atomic mass is 79.9. The topological polar surface area (TPSA) is 49.3 Å². The van der Waals surface area contributed by atoms with Gasteiger partial charge in [-0.3, -0.25) is 4.90 Å². The zero-order valence-electron chi connectivity index (χ0n) is 17.5. The molecule has 5 nitrogen and oxygen atoms in total. The summed E-state index contributed by atoms with van der Waals surface area (Å²) in [7, 11) is 0. The van der Waals surface area contributed by atoms with Gasteiger partial charge in [0.25, 0.3) is 0 Å². The van der Waals surface area contributed by atoms with Crippen LogP contribution in [-0.2, 0) is 13.0 Å². The number of rotatable bonds is 5. The number of carbonyl (C=O) groups is 1. The fraction of sp³-hybridized carbons (Fsp3) is 0.348. The highest BCUT2D eigenvalue weighted by Crippen LogP contribution is 2.39. The summed E-state index contributed by atoms with van der Waals surface area (Å²) in [6, 6.07) is 9.63. The second-order valence-electron chi connectivity index (χ2n) is 7.72. The van der Waals surface area contributed by atoms with Crippen molar-refractivity contribution in [3.05, 3.63) is 68.8 Å². The van der Waals surface area contributed by atoms with E-state index in [1.165, 1.54) is 21.0 Å². The normalized spacial score (nSPS) is 14.9. The van der Waals surface area contributed by atoms with Crippen molar-refractivity contribution in [1.29, 1.82) is 0 Å². The van der Waals surface area contributed by atoms with Gasteiger partial charge in [0, 0.05) is 46.1 Å². The van der Waals surface area contributed by atoms with Crippen molar-refractivity contribution in [2.45, 2.75) is 39.8 Å². The molecule has 3 aromatic rings. The zero-order chi connectivity index (χ0) is 21.3. The quantitative estimate of drug-likeness (QED) is 0.473. The van der Waals surface area contributed by atoms with Gasteiger partial charge in [-0.2, -0.15) is 0 Å². The van der Waals surface area contributed by atoms with E-state index in [4.69, 9.17) is 0 Å². The summed E-state index contributed by atoms with van der Waals surface area (Å²) in [5.41, 5.74) is 4.52. The van der Waals surface area contributed by atoms with Crippen LogP contribution in [0.15, 0.2) is 47.2 Å². The summed E-state index contributed by atoms with van der Waals surface area (Å²) in [6.07, 6.45) is 5.18. The van der Waals surface area contributed by atoms with Gasteiger partial charge in [-0.1, -0.05) is 22.9 Å². The van der Waals surface area contributed by atoms with Crippen molar-refractivity contribution in [3.8, 4) is 5.00 Å². The number of thiophene rings is 1. The van der Waals surface area contributed by atoms with Crippen molar-refractivity contribution in [1.82, 2.24) is 14.8 Å². The number of benzene rings is 1. The smallest absolute Gasteiger partial charge is 0.319 e. The summed E-state index contributed by atoms with van der Waals surface area (Å²) in [5, 5.41) is 7.34. The molecule has 0 unspecified atom stereocenters. The van der Waals surface area contributed by atoms with Crippen LogP contribution in [0.2, 0.25) is 0 Å². The Morgan fingerprint density at radius 2 is 2.07 bits per heavy atom. The van der Waals surface area contributed by atoms with Crippen LogP contribution < -0.4 is 10.6 Å². The molecule has 2 N–H and O–H groups in total. The van der Waals surface area contributed by atoms with Crippen molar-refractivity contribution in [3.63, 3.8) is 0 Å². The summed E-state index contributed by atoms with van der Waals surface area (Å²) < 4.78 is 3.20. The molecule has 4 rings (SSSR count). The molecule has 0 aliphatic carbocycles. The molecular formula is C23H27BrN4OS. The van der Waals surface area contributed by atoms with Crippen LogP contribution in [0.3, 0.4) is 0 Å². The predicted molar refractivity (Wildman–Crippen MR) is 128 cm³/mol. The van der Waals surface area contributed by atoms with Gasteiger partial charge in [-0.25, -0.2) is 4.79 Å². The number of nitrogens with zero attached hydrogens (tertiary/aromatic N) is 2. The van der Waals surface area contributed by atoms with E-state index in [1.807, 2.05) is 48.6 Å². The molecular weight excluding hydrogens is 460 g/mol. The van der Waals surface area contributed by atoms with E-state index in [0.29, 0.717) is 0 Å². The van der Waals surface area contributed by atoms with E-state index < -0.39 is 0 Å². The third-order valence-corrected chi connectivity index (χ3v) is 7.78. The maximum atomic E-state index is 12.7. The number of aromatic nitrogens is 1. The van der Waals surface area contributed by atoms with Crippen molar-refractivity contribution >= 4 is 39.0 Å². The molecule has 0 bridgehead atoms. The van der Waals surface area contributed by atoms with E-state index in [0.717, 1.165) is 41.8 Å². The van der Waals surface area contributed by atoms with Crippen LogP contribution in [0.1, 0.15) is 41.5 Å². The van der Waals surface area contributed by atoms with Crippen molar-refractivity contribution in [2.75, 3.05) is 18.4 Å². The maximum Gasteiger partial charge on any atom is 0.319 e. The number of carbonyl (C=O) groups excluding carboxylic acids is 1. The number of amides is 2. The number of fused-ring (bicyclic) bond motifs is 1. The van der Waals surface area contributed by atoms with Gasteiger partial charge in [-0.05, 0) is 68.3 Å². The monoisotopic (exact) mass is 486 g/mol. The van der Waals surface area contributed by atoms with Crippen LogP contribution in [0.4, 0.5) is 10.5 Å². The van der Waals surface area contributed by atoms with Crippen molar-refractivity contribution in [2.24, 2.45) is 0 Å². The highest BCUT2D eigenvalue weighted by Gasteiger charge is 2.27. The van der Waals surface area contributed by atoms with Crippen molar-refractivity contribution < 1.29 is 4.79 Å². The minimum atomic E-state index is -0.186. The van der Waals surface area contributed by atoms with Crippen LogP contribution in [0.25, 0.3) is 5.00 Å². The van der Waals surface area contributed by atoms with E-state index in [-0.39, 0.29) is 12.1 Å². The van der Waals surface area contributed by atoms with Crippen LogP contribution in [0, 0.1) is 6.92 Å². The maximum absolute atomic E-state index is 12.7. The summed E-state index contributed by atoms with van der Waals surface area (Å²) in [5.74, 6) is 0. The second kappa shape index (κ2) is 8.96. The molecule has 7 heteroatoms. The molecule has 2 amide bonds. The van der Waals surface area contributed by atoms with Gasteiger partial charge < -0.3 is 15.2 Å². The van der Waals surface area contributed by atoms with Crippen LogP contribution in [0.5, 0.6) is 0 Å². The number of halogens is 1. The van der Waals surface area contributed by atoms with E-state index in [2.05, 4.69) is 62.3 Å². The Morgan fingerprint density at radius 3 is 2.77 bits per heavy atom. The number of urea groups is 1. The number of likely N-dealkylation sites (N-methyl/N-ethyl adjacent to an activating group) is 1. The minimum absolute atomic E-state index is 0.0906. The molecule has 2 aromatic heterocycles. The van der Waals surface area contributed by atoms with Gasteiger partial charge in [0.1, 0.15) is 5.00 Å². The lowest BCUT2D eigenvalue weighted by molar-refractivity contribution is 0.249. The standard InChI is InChI=1S/C23H27BrN4OS/c1-4-27-12-9-18-20(14-27)30-22(28-10-5-6-11-28)21(18)16(3)25-23(29)26-17-7-8-19(24)15(2)13-17/h5-8,10-11,13,16H,4,9,12,14H2,1-3H3,(H2,25,26,29)/t16-/m0/s1. The SMILES string of the molecule is CCN1CCc2c(sc(-n3cccc3)c2[C@H](C)NC(=O)Nc2ccc(Br)c(C)c2)C1. The molecule has 0 spiro atoms. The average molecular weight is 487 g/mol. The first-order chi connectivity index (χ1) is 14.5. The lowest BCUT2D eigenvalue weighted by Gasteiger charge is -2.26. The Kier molecular flexibility index (Phi) is 6.32. The molecule has 1 aliphatic rings. The molecule has 1 atom stereocenters. The lowest BCUT2D eigenvalue weighted by Crippen LogP contribution is -2.33. The van der Waals surface area contributed by atoms with Crippen LogP contribution in [-0.4, -0.2) is 28.6 Å². The van der Waals surface area contributed by atoms with Gasteiger partial charge in [0.15, 0.2) is 0 Å². The molecule has 30 heavy (non-hydrogen) atoms. The van der Waals surface area contributed by atoms with E-state index in [9.17, 15) is 4.79 Å². The molecule has 1 aromatic carbocycles. The third-order valence-electron chi connectivity index (χ3n) is 5.64. The number of hydrogen-bond donors (Lipinski definition) is 2. The Labute approximate surface area is 190 Å². The third kappa shape index (κ3) is 4.33. The average Bonchev–Trinajstić information content (AvgIpc) is 3.37. The van der Waals surface area contributed by atoms with Gasteiger partial charge in [-0.15, -0.1) is 11.3 Å². The molecule has 158 valence electrons. The number of anilines is 1. The molecule has 0 saturated heterocycles. The summed E-state index contributed by atoms with van der Waals surface area (Å²) in [4.78, 5) is 16.6. The highest BCUT2D eigenvalue weighted by molar-refractivity contribution is 9.10. The number of hydrogen-bond acceptors (Lipinski definition) is 3. The van der Waals surface area contributed by atoms with Crippen LogP contribution >= 0.6 is 27.3 Å². The largest absolute Gasteiger partial charge is 0.331 e. The van der Waals surface area contributed by atoms with Gasteiger partial charge >= 0.3 is 6.03 Å². The first-order valence-electron chi connectivity index (χ1n) is 10.3. The van der Waals surface area contributed by atoms with Gasteiger partial charge in [0.05, 0.1) is 6.04 Å². The first kappa shape index (κ1) is 21.2. The Balaban J connectivity index is 1.58. The lowest BCUT2D eigenvalue weighted by atomic mass is 9.98. The van der Waals surface area contributed by atoms with E-state index >= 15 is 0 Å². The fourth-order valence-electron chi connectivity index (χ4n) is 4.00. The zero-order valence-corrected chi connectivity index (χ0v) is 19.9.